The lowest BCUT2D eigenvalue weighted by Gasteiger charge is -2.03. The molecule has 2 heterocycles. The van der Waals surface area contributed by atoms with Crippen LogP contribution in [0.2, 0.25) is 0 Å². The van der Waals surface area contributed by atoms with Crippen molar-refractivity contribution < 1.29 is 8.42 Å². The van der Waals surface area contributed by atoms with Crippen molar-refractivity contribution in [3.05, 3.63) is 39.4 Å². The second-order valence-corrected chi connectivity index (χ2v) is 8.50. The van der Waals surface area contributed by atoms with E-state index >= 15 is 0 Å². The molecule has 0 saturated heterocycles. The fraction of sp³-hybridized carbons (Fsp3) is 0.385. The van der Waals surface area contributed by atoms with Crippen molar-refractivity contribution in [1.29, 1.82) is 0 Å². The molecule has 2 aromatic rings. The predicted molar refractivity (Wildman–Crippen MR) is 85.2 cm³/mol. The molecule has 0 bridgehead atoms. The first-order valence-corrected chi connectivity index (χ1v) is 9.55. The van der Waals surface area contributed by atoms with Gasteiger partial charge in [0.15, 0.2) is 0 Å². The van der Waals surface area contributed by atoms with E-state index in [0.717, 1.165) is 24.3 Å². The van der Waals surface area contributed by atoms with E-state index in [2.05, 4.69) is 10.0 Å². The monoisotopic (exact) mass is 330 g/mol. The van der Waals surface area contributed by atoms with Crippen LogP contribution in [-0.4, -0.2) is 28.6 Å². The standard InChI is InChI=1S/C13H18N2O2S3/c1-14-8-6-12-4-5-13(19-12)20(16,17)15-9-7-11-3-2-10-18-11/h2-5,10,14-15H,6-9H2,1H3. The molecule has 0 spiro atoms. The van der Waals surface area contributed by atoms with Gasteiger partial charge in [0.2, 0.25) is 10.0 Å². The van der Waals surface area contributed by atoms with Gasteiger partial charge in [-0.15, -0.1) is 22.7 Å². The van der Waals surface area contributed by atoms with E-state index in [9.17, 15) is 8.42 Å². The number of nitrogens with one attached hydrogen (secondary N) is 2. The zero-order chi connectivity index (χ0) is 14.4. The highest BCUT2D eigenvalue weighted by Gasteiger charge is 2.16. The quantitative estimate of drug-likeness (QED) is 0.779. The van der Waals surface area contributed by atoms with Crippen molar-refractivity contribution >= 4 is 32.7 Å². The highest BCUT2D eigenvalue weighted by molar-refractivity contribution is 7.91. The molecule has 2 N–H and O–H groups in total. The van der Waals surface area contributed by atoms with Crippen molar-refractivity contribution in [3.8, 4) is 0 Å². The minimum absolute atomic E-state index is 0.398. The van der Waals surface area contributed by atoms with Gasteiger partial charge in [-0.25, -0.2) is 13.1 Å². The Morgan fingerprint density at radius 1 is 1.10 bits per heavy atom. The second kappa shape index (κ2) is 7.33. The van der Waals surface area contributed by atoms with Gasteiger partial charge < -0.3 is 5.32 Å². The van der Waals surface area contributed by atoms with Gasteiger partial charge >= 0.3 is 0 Å². The summed E-state index contributed by atoms with van der Waals surface area (Å²) >= 11 is 2.98. The maximum atomic E-state index is 12.1. The third kappa shape index (κ3) is 4.39. The number of hydrogen-bond donors (Lipinski definition) is 2. The third-order valence-electron chi connectivity index (χ3n) is 2.77. The molecule has 4 nitrogen and oxygen atoms in total. The Balaban J connectivity index is 1.90. The van der Waals surface area contributed by atoms with Gasteiger partial charge in [0.25, 0.3) is 0 Å². The van der Waals surface area contributed by atoms with Crippen LogP contribution in [0.4, 0.5) is 0 Å². The Bertz CT molecular complexity index is 618. The van der Waals surface area contributed by atoms with Crippen LogP contribution < -0.4 is 10.0 Å². The van der Waals surface area contributed by atoms with Gasteiger partial charge in [0, 0.05) is 16.3 Å². The lowest BCUT2D eigenvalue weighted by molar-refractivity contribution is 0.584. The first-order chi connectivity index (χ1) is 9.62. The molecule has 20 heavy (non-hydrogen) atoms. The van der Waals surface area contributed by atoms with E-state index in [1.54, 1.807) is 17.4 Å². The van der Waals surface area contributed by atoms with Crippen LogP contribution in [0.3, 0.4) is 0 Å². The van der Waals surface area contributed by atoms with Crippen LogP contribution in [0.25, 0.3) is 0 Å². The van der Waals surface area contributed by atoms with Crippen molar-refractivity contribution in [1.82, 2.24) is 10.0 Å². The summed E-state index contributed by atoms with van der Waals surface area (Å²) in [6.07, 6.45) is 1.58. The largest absolute Gasteiger partial charge is 0.319 e. The summed E-state index contributed by atoms with van der Waals surface area (Å²) in [6, 6.07) is 7.56. The molecule has 0 radical (unpaired) electrons. The number of hydrogen-bond acceptors (Lipinski definition) is 5. The molecule has 0 aliphatic rings. The molecule has 0 saturated carbocycles. The van der Waals surface area contributed by atoms with Crippen LogP contribution in [-0.2, 0) is 22.9 Å². The van der Waals surface area contributed by atoms with Gasteiger partial charge in [0.05, 0.1) is 0 Å². The molecule has 0 aromatic carbocycles. The Hall–Kier alpha value is -0.730. The normalized spacial score (nSPS) is 11.8. The summed E-state index contributed by atoms with van der Waals surface area (Å²) in [7, 11) is -1.48. The van der Waals surface area contributed by atoms with Crippen LogP contribution in [0.1, 0.15) is 9.75 Å². The molecule has 0 amide bonds. The highest BCUT2D eigenvalue weighted by Crippen LogP contribution is 2.21. The summed E-state index contributed by atoms with van der Waals surface area (Å²) in [5.74, 6) is 0. The Kier molecular flexibility index (Phi) is 5.74. The van der Waals surface area contributed by atoms with Gasteiger partial charge in [-0.1, -0.05) is 6.07 Å². The smallest absolute Gasteiger partial charge is 0.250 e. The van der Waals surface area contributed by atoms with Crippen molar-refractivity contribution in [2.24, 2.45) is 0 Å². The van der Waals surface area contributed by atoms with Gasteiger partial charge in [-0.3, -0.25) is 0 Å². The number of likely N-dealkylation sites (N-methyl/N-ethyl adjacent to an activating group) is 1. The van der Waals surface area contributed by atoms with Crippen LogP contribution in [0.5, 0.6) is 0 Å². The van der Waals surface area contributed by atoms with Crippen molar-refractivity contribution in [2.45, 2.75) is 17.1 Å². The second-order valence-electron chi connectivity index (χ2n) is 4.30. The van der Waals surface area contributed by atoms with Crippen LogP contribution in [0, 0.1) is 0 Å². The first kappa shape index (κ1) is 15.7. The molecule has 2 aromatic heterocycles. The summed E-state index contributed by atoms with van der Waals surface area (Å²) < 4.78 is 27.3. The van der Waals surface area contributed by atoms with Gasteiger partial charge in [0.1, 0.15) is 4.21 Å². The first-order valence-electron chi connectivity index (χ1n) is 6.37. The number of rotatable bonds is 8. The molecule has 0 fully saturated rings. The predicted octanol–water partition coefficient (Wildman–Crippen LogP) is 2.09. The van der Waals surface area contributed by atoms with E-state index in [0.29, 0.717) is 10.8 Å². The van der Waals surface area contributed by atoms with Crippen molar-refractivity contribution in [2.75, 3.05) is 20.1 Å². The topological polar surface area (TPSA) is 58.2 Å². The average Bonchev–Trinajstić information content (AvgIpc) is 3.07. The molecule has 0 aliphatic heterocycles. The molecule has 110 valence electrons. The Labute approximate surface area is 127 Å². The summed E-state index contributed by atoms with van der Waals surface area (Å²) in [5.41, 5.74) is 0. The maximum Gasteiger partial charge on any atom is 0.250 e. The van der Waals surface area contributed by atoms with E-state index in [1.165, 1.54) is 16.2 Å². The fourth-order valence-corrected chi connectivity index (χ4v) is 4.86. The molecular weight excluding hydrogens is 312 g/mol. The minimum Gasteiger partial charge on any atom is -0.319 e. The number of sulfonamides is 1. The molecular formula is C13H18N2O2S3. The van der Waals surface area contributed by atoms with E-state index < -0.39 is 10.0 Å². The lowest BCUT2D eigenvalue weighted by atomic mass is 10.3. The zero-order valence-corrected chi connectivity index (χ0v) is 13.7. The molecule has 0 atom stereocenters. The minimum atomic E-state index is -3.36. The lowest BCUT2D eigenvalue weighted by Crippen LogP contribution is -2.25. The van der Waals surface area contributed by atoms with Crippen LogP contribution in [0.15, 0.2) is 33.9 Å². The zero-order valence-electron chi connectivity index (χ0n) is 11.3. The summed E-state index contributed by atoms with van der Waals surface area (Å²) in [6.45, 7) is 1.29. The van der Waals surface area contributed by atoms with Crippen molar-refractivity contribution in [3.63, 3.8) is 0 Å². The third-order valence-corrected chi connectivity index (χ3v) is 6.80. The van der Waals surface area contributed by atoms with E-state index in [-0.39, 0.29) is 0 Å². The average molecular weight is 330 g/mol. The van der Waals surface area contributed by atoms with E-state index in [1.807, 2.05) is 30.6 Å². The molecule has 2 rings (SSSR count). The maximum absolute atomic E-state index is 12.1. The summed E-state index contributed by atoms with van der Waals surface area (Å²) in [4.78, 5) is 2.27. The summed E-state index contributed by atoms with van der Waals surface area (Å²) in [5, 5.41) is 5.05. The molecule has 0 unspecified atom stereocenters. The molecule has 0 aliphatic carbocycles. The van der Waals surface area contributed by atoms with Gasteiger partial charge in [-0.2, -0.15) is 0 Å². The Morgan fingerprint density at radius 3 is 2.60 bits per heavy atom. The number of thiophene rings is 2. The highest BCUT2D eigenvalue weighted by atomic mass is 32.2. The SMILES string of the molecule is CNCCc1ccc(S(=O)(=O)NCCc2cccs2)s1. The molecule has 7 heteroatoms. The van der Waals surface area contributed by atoms with Gasteiger partial charge in [-0.05, 0) is 50.0 Å². The fourth-order valence-electron chi connectivity index (χ4n) is 1.72. The Morgan fingerprint density at radius 2 is 1.90 bits per heavy atom. The van der Waals surface area contributed by atoms with Crippen LogP contribution >= 0.6 is 22.7 Å². The van der Waals surface area contributed by atoms with E-state index in [4.69, 9.17) is 0 Å².